The Bertz CT molecular complexity index is 547. The first-order chi connectivity index (χ1) is 8.72. The molecule has 3 N–H and O–H groups in total. The number of phenolic OH excluding ortho intramolecular Hbond substituents is 1. The highest BCUT2D eigenvalue weighted by molar-refractivity contribution is 5.28. The maximum Gasteiger partial charge on any atom is 0.137 e. The predicted octanol–water partition coefficient (Wildman–Crippen LogP) is 0.848. The number of hydrogen-bond donors (Lipinski definition) is 2. The number of nitrogens with two attached hydrogens (primary N) is 1. The maximum absolute atomic E-state index is 9.26. The number of fused-ring (bicyclic) bond motifs is 1. The second kappa shape index (κ2) is 4.42. The lowest BCUT2D eigenvalue weighted by atomic mass is 10.1. The van der Waals surface area contributed by atoms with Crippen molar-refractivity contribution in [2.75, 3.05) is 0 Å². The quantitative estimate of drug-likeness (QED) is 0.821. The Hall–Kier alpha value is -1.88. The van der Waals surface area contributed by atoms with Crippen LogP contribution >= 0.6 is 0 Å². The van der Waals surface area contributed by atoms with E-state index in [-0.39, 0.29) is 11.8 Å². The number of rotatable bonds is 2. The van der Waals surface area contributed by atoms with Crippen LogP contribution in [0.4, 0.5) is 0 Å². The van der Waals surface area contributed by atoms with Crippen LogP contribution in [0.2, 0.25) is 0 Å². The van der Waals surface area contributed by atoms with E-state index in [4.69, 9.17) is 5.73 Å². The minimum Gasteiger partial charge on any atom is -0.508 e. The summed E-state index contributed by atoms with van der Waals surface area (Å²) in [5.74, 6) is 2.26. The summed E-state index contributed by atoms with van der Waals surface area (Å²) in [6, 6.07) is 7.38. The fourth-order valence-corrected chi connectivity index (χ4v) is 2.34. The average Bonchev–Trinajstić information content (AvgIpc) is 2.75. The molecule has 0 radical (unpaired) electrons. The van der Waals surface area contributed by atoms with Gasteiger partial charge in [-0.15, -0.1) is 10.2 Å². The van der Waals surface area contributed by atoms with Crippen LogP contribution in [0, 0.1) is 0 Å². The molecule has 1 aliphatic heterocycles. The van der Waals surface area contributed by atoms with Gasteiger partial charge >= 0.3 is 0 Å². The molecule has 94 valence electrons. The van der Waals surface area contributed by atoms with Gasteiger partial charge in [-0.2, -0.15) is 0 Å². The SMILES string of the molecule is NC1CCc2nnc(Cc3ccc(O)cc3)n2C1. The zero-order valence-corrected chi connectivity index (χ0v) is 10.1. The van der Waals surface area contributed by atoms with Gasteiger partial charge in [-0.1, -0.05) is 12.1 Å². The summed E-state index contributed by atoms with van der Waals surface area (Å²) in [5.41, 5.74) is 7.09. The molecule has 0 bridgehead atoms. The average molecular weight is 244 g/mol. The topological polar surface area (TPSA) is 77.0 Å². The molecule has 0 amide bonds. The molecule has 5 heteroatoms. The van der Waals surface area contributed by atoms with Crippen molar-refractivity contribution in [3.05, 3.63) is 41.5 Å². The van der Waals surface area contributed by atoms with Gasteiger partial charge in [0.25, 0.3) is 0 Å². The van der Waals surface area contributed by atoms with Crippen LogP contribution in [-0.4, -0.2) is 25.9 Å². The van der Waals surface area contributed by atoms with E-state index in [0.717, 1.165) is 43.0 Å². The van der Waals surface area contributed by atoms with E-state index in [2.05, 4.69) is 14.8 Å². The van der Waals surface area contributed by atoms with Crippen molar-refractivity contribution >= 4 is 0 Å². The Morgan fingerprint density at radius 1 is 1.28 bits per heavy atom. The maximum atomic E-state index is 9.26. The molecular weight excluding hydrogens is 228 g/mol. The number of benzene rings is 1. The molecule has 2 heterocycles. The van der Waals surface area contributed by atoms with Gasteiger partial charge < -0.3 is 15.4 Å². The van der Waals surface area contributed by atoms with Crippen molar-refractivity contribution in [2.45, 2.75) is 31.8 Å². The number of aromatic hydroxyl groups is 1. The van der Waals surface area contributed by atoms with E-state index in [1.54, 1.807) is 12.1 Å². The summed E-state index contributed by atoms with van der Waals surface area (Å²) in [6.07, 6.45) is 2.61. The Morgan fingerprint density at radius 2 is 2.06 bits per heavy atom. The first kappa shape index (κ1) is 11.2. The third-order valence-corrected chi connectivity index (χ3v) is 3.36. The predicted molar refractivity (Wildman–Crippen MR) is 67.2 cm³/mol. The Labute approximate surface area is 105 Å². The molecule has 3 rings (SSSR count). The molecule has 1 atom stereocenters. The third kappa shape index (κ3) is 2.09. The fourth-order valence-electron chi connectivity index (χ4n) is 2.34. The van der Waals surface area contributed by atoms with Gasteiger partial charge in [-0.25, -0.2) is 0 Å². The van der Waals surface area contributed by atoms with E-state index in [1.807, 2.05) is 12.1 Å². The third-order valence-electron chi connectivity index (χ3n) is 3.36. The van der Waals surface area contributed by atoms with Gasteiger partial charge in [-0.3, -0.25) is 0 Å². The molecule has 0 saturated heterocycles. The molecule has 0 fully saturated rings. The van der Waals surface area contributed by atoms with Crippen molar-refractivity contribution in [1.29, 1.82) is 0 Å². The zero-order valence-electron chi connectivity index (χ0n) is 10.1. The summed E-state index contributed by atoms with van der Waals surface area (Å²) >= 11 is 0. The van der Waals surface area contributed by atoms with Crippen molar-refractivity contribution < 1.29 is 5.11 Å². The van der Waals surface area contributed by atoms with E-state index in [0.29, 0.717) is 0 Å². The second-order valence-electron chi connectivity index (χ2n) is 4.79. The van der Waals surface area contributed by atoms with Crippen LogP contribution in [0.3, 0.4) is 0 Å². The summed E-state index contributed by atoms with van der Waals surface area (Å²) in [4.78, 5) is 0. The molecule has 0 aliphatic carbocycles. The second-order valence-corrected chi connectivity index (χ2v) is 4.79. The number of aryl methyl sites for hydroxylation is 1. The Kier molecular flexibility index (Phi) is 2.76. The zero-order chi connectivity index (χ0) is 12.5. The number of aromatic nitrogens is 3. The van der Waals surface area contributed by atoms with Crippen LogP contribution < -0.4 is 5.73 Å². The molecule has 0 spiro atoms. The van der Waals surface area contributed by atoms with E-state index < -0.39 is 0 Å². The summed E-state index contributed by atoms with van der Waals surface area (Å²) in [6.45, 7) is 0.801. The van der Waals surface area contributed by atoms with Crippen LogP contribution in [0.1, 0.15) is 23.6 Å². The van der Waals surface area contributed by atoms with Crippen LogP contribution in [0.25, 0.3) is 0 Å². The van der Waals surface area contributed by atoms with E-state index in [1.165, 1.54) is 0 Å². The lowest BCUT2D eigenvalue weighted by Crippen LogP contribution is -2.32. The summed E-state index contributed by atoms with van der Waals surface area (Å²) in [7, 11) is 0. The molecule has 0 saturated carbocycles. The molecule has 18 heavy (non-hydrogen) atoms. The van der Waals surface area contributed by atoms with Gasteiger partial charge in [0, 0.05) is 25.4 Å². The van der Waals surface area contributed by atoms with Crippen LogP contribution in [0.15, 0.2) is 24.3 Å². The number of nitrogens with zero attached hydrogens (tertiary/aromatic N) is 3. The number of hydrogen-bond acceptors (Lipinski definition) is 4. The molecule has 1 aromatic heterocycles. The molecule has 1 aromatic carbocycles. The molecule has 1 aliphatic rings. The normalized spacial score (nSPS) is 18.6. The van der Waals surface area contributed by atoms with Crippen molar-refractivity contribution in [3.8, 4) is 5.75 Å². The lowest BCUT2D eigenvalue weighted by Gasteiger charge is -2.20. The number of phenols is 1. The first-order valence-corrected chi connectivity index (χ1v) is 6.17. The Morgan fingerprint density at radius 3 is 2.83 bits per heavy atom. The van der Waals surface area contributed by atoms with E-state index in [9.17, 15) is 5.11 Å². The van der Waals surface area contributed by atoms with Gasteiger partial charge in [-0.05, 0) is 24.1 Å². The Balaban J connectivity index is 1.85. The molecule has 5 nitrogen and oxygen atoms in total. The standard InChI is InChI=1S/C13H16N4O/c14-10-3-6-12-15-16-13(17(12)8-10)7-9-1-4-11(18)5-2-9/h1-2,4-5,10,18H,3,6-8,14H2. The first-order valence-electron chi connectivity index (χ1n) is 6.17. The summed E-state index contributed by atoms with van der Waals surface area (Å²) in [5, 5.41) is 17.7. The lowest BCUT2D eigenvalue weighted by molar-refractivity contribution is 0.445. The van der Waals surface area contributed by atoms with Gasteiger partial charge in [0.1, 0.15) is 17.4 Å². The van der Waals surface area contributed by atoms with Crippen molar-refractivity contribution in [3.63, 3.8) is 0 Å². The molecule has 1 unspecified atom stereocenters. The molecular formula is C13H16N4O. The van der Waals surface area contributed by atoms with Crippen LogP contribution in [0.5, 0.6) is 5.75 Å². The molecule has 2 aromatic rings. The minimum atomic E-state index is 0.201. The summed E-state index contributed by atoms with van der Waals surface area (Å²) < 4.78 is 2.13. The highest BCUT2D eigenvalue weighted by Crippen LogP contribution is 2.17. The van der Waals surface area contributed by atoms with Crippen molar-refractivity contribution in [1.82, 2.24) is 14.8 Å². The van der Waals surface area contributed by atoms with Gasteiger partial charge in [0.2, 0.25) is 0 Å². The van der Waals surface area contributed by atoms with E-state index >= 15 is 0 Å². The van der Waals surface area contributed by atoms with Crippen molar-refractivity contribution in [2.24, 2.45) is 5.73 Å². The smallest absolute Gasteiger partial charge is 0.137 e. The highest BCUT2D eigenvalue weighted by Gasteiger charge is 2.20. The van der Waals surface area contributed by atoms with Gasteiger partial charge in [0.15, 0.2) is 0 Å². The fraction of sp³-hybridized carbons (Fsp3) is 0.385. The van der Waals surface area contributed by atoms with Crippen LogP contribution in [-0.2, 0) is 19.4 Å². The highest BCUT2D eigenvalue weighted by atomic mass is 16.3. The minimum absolute atomic E-state index is 0.201. The largest absolute Gasteiger partial charge is 0.508 e. The van der Waals surface area contributed by atoms with Gasteiger partial charge in [0.05, 0.1) is 0 Å². The monoisotopic (exact) mass is 244 g/mol.